The lowest BCUT2D eigenvalue weighted by molar-refractivity contribution is 0.397. The van der Waals surface area contributed by atoms with E-state index in [4.69, 9.17) is 5.73 Å². The first-order valence-corrected chi connectivity index (χ1v) is 8.87. The van der Waals surface area contributed by atoms with Gasteiger partial charge in [0.15, 0.2) is 0 Å². The van der Waals surface area contributed by atoms with Gasteiger partial charge in [-0.2, -0.15) is 0 Å². The van der Waals surface area contributed by atoms with E-state index in [-0.39, 0.29) is 6.04 Å². The Morgan fingerprint density at radius 3 is 2.45 bits per heavy atom. The predicted octanol–water partition coefficient (Wildman–Crippen LogP) is 2.75. The molecule has 0 aromatic heterocycles. The second kappa shape index (κ2) is 7.02. The van der Waals surface area contributed by atoms with Crippen LogP contribution in [0.2, 0.25) is 0 Å². The average molecular weight is 363 g/mol. The van der Waals surface area contributed by atoms with Crippen LogP contribution in [0.5, 0.6) is 0 Å². The van der Waals surface area contributed by atoms with Crippen LogP contribution in [0.25, 0.3) is 0 Å². The molecule has 2 N–H and O–H groups in total. The summed E-state index contributed by atoms with van der Waals surface area (Å²) in [5.41, 5.74) is 6.86. The second-order valence-electron chi connectivity index (χ2n) is 5.43. The number of hydrogen-bond acceptors (Lipinski definition) is 3. The maximum absolute atomic E-state index is 12.4. The molecule has 0 amide bonds. The van der Waals surface area contributed by atoms with Gasteiger partial charge < -0.3 is 5.73 Å². The smallest absolute Gasteiger partial charge is 0.242 e. The summed E-state index contributed by atoms with van der Waals surface area (Å²) in [7, 11) is -1.85. The van der Waals surface area contributed by atoms with Gasteiger partial charge >= 0.3 is 0 Å². The van der Waals surface area contributed by atoms with Gasteiger partial charge in [0.05, 0.1) is 4.90 Å². The summed E-state index contributed by atoms with van der Waals surface area (Å²) in [5.74, 6) is 0.348. The Morgan fingerprint density at radius 2 is 1.95 bits per heavy atom. The van der Waals surface area contributed by atoms with Gasteiger partial charge in [0.2, 0.25) is 10.0 Å². The molecule has 0 aliphatic rings. The molecule has 0 spiro atoms. The zero-order valence-electron chi connectivity index (χ0n) is 12.4. The number of nitrogens with two attached hydrogens (primary N) is 1. The topological polar surface area (TPSA) is 63.4 Å². The molecule has 1 aromatic rings. The normalized spacial score (nSPS) is 14.0. The third-order valence-corrected chi connectivity index (χ3v) is 6.21. The first-order valence-electron chi connectivity index (χ1n) is 6.64. The highest BCUT2D eigenvalue weighted by atomic mass is 79.9. The van der Waals surface area contributed by atoms with Gasteiger partial charge in [0.25, 0.3) is 0 Å². The zero-order valence-corrected chi connectivity index (χ0v) is 14.8. The van der Waals surface area contributed by atoms with Crippen molar-refractivity contribution in [3.05, 3.63) is 28.2 Å². The SMILES string of the molecule is Cc1cc(S(=O)(=O)N(C)CCC(N)C(C)C)ccc1Br. The van der Waals surface area contributed by atoms with Crippen molar-refractivity contribution < 1.29 is 8.42 Å². The largest absolute Gasteiger partial charge is 0.327 e. The van der Waals surface area contributed by atoms with Crippen molar-refractivity contribution in [3.8, 4) is 0 Å². The lowest BCUT2D eigenvalue weighted by atomic mass is 10.0. The fourth-order valence-electron chi connectivity index (χ4n) is 1.74. The van der Waals surface area contributed by atoms with Crippen molar-refractivity contribution in [3.63, 3.8) is 0 Å². The van der Waals surface area contributed by atoms with Gasteiger partial charge in [-0.3, -0.25) is 0 Å². The van der Waals surface area contributed by atoms with Crippen molar-refractivity contribution in [1.29, 1.82) is 0 Å². The Hall–Kier alpha value is -0.430. The monoisotopic (exact) mass is 362 g/mol. The van der Waals surface area contributed by atoms with E-state index >= 15 is 0 Å². The highest BCUT2D eigenvalue weighted by Gasteiger charge is 2.22. The molecule has 0 fully saturated rings. The Balaban J connectivity index is 2.84. The number of benzene rings is 1. The average Bonchev–Trinajstić information content (AvgIpc) is 2.38. The molecule has 6 heteroatoms. The van der Waals surface area contributed by atoms with E-state index in [1.165, 1.54) is 4.31 Å². The first kappa shape index (κ1) is 17.6. The summed E-state index contributed by atoms with van der Waals surface area (Å²) in [6.07, 6.45) is 0.656. The second-order valence-corrected chi connectivity index (χ2v) is 8.33. The van der Waals surface area contributed by atoms with E-state index < -0.39 is 10.0 Å². The van der Waals surface area contributed by atoms with Crippen LogP contribution in [-0.4, -0.2) is 32.4 Å². The molecule has 4 nitrogen and oxygen atoms in total. The van der Waals surface area contributed by atoms with Crippen LogP contribution < -0.4 is 5.73 Å². The van der Waals surface area contributed by atoms with Gasteiger partial charge in [0, 0.05) is 24.1 Å². The van der Waals surface area contributed by atoms with Gasteiger partial charge in [-0.05, 0) is 43.0 Å². The number of rotatable bonds is 6. The van der Waals surface area contributed by atoms with E-state index in [0.717, 1.165) is 10.0 Å². The van der Waals surface area contributed by atoms with Crippen LogP contribution in [0.4, 0.5) is 0 Å². The number of hydrogen-bond donors (Lipinski definition) is 1. The quantitative estimate of drug-likeness (QED) is 0.845. The fraction of sp³-hybridized carbons (Fsp3) is 0.571. The third kappa shape index (κ3) is 4.28. The van der Waals surface area contributed by atoms with Crippen LogP contribution in [0.1, 0.15) is 25.8 Å². The minimum Gasteiger partial charge on any atom is -0.327 e. The number of nitrogens with zero attached hydrogens (tertiary/aromatic N) is 1. The molecule has 0 saturated carbocycles. The lowest BCUT2D eigenvalue weighted by Gasteiger charge is -2.21. The number of halogens is 1. The van der Waals surface area contributed by atoms with Crippen molar-refractivity contribution >= 4 is 26.0 Å². The maximum atomic E-state index is 12.4. The van der Waals surface area contributed by atoms with Gasteiger partial charge in [-0.25, -0.2) is 12.7 Å². The predicted molar refractivity (Wildman–Crippen MR) is 86.1 cm³/mol. The molecule has 0 saturated heterocycles. The van der Waals surface area contributed by atoms with Crippen LogP contribution in [-0.2, 0) is 10.0 Å². The third-order valence-electron chi connectivity index (χ3n) is 3.47. The highest BCUT2D eigenvalue weighted by molar-refractivity contribution is 9.10. The lowest BCUT2D eigenvalue weighted by Crippen LogP contribution is -2.34. The van der Waals surface area contributed by atoms with E-state index in [9.17, 15) is 8.42 Å². The molecule has 0 heterocycles. The summed E-state index contributed by atoms with van der Waals surface area (Å²) in [5, 5.41) is 0. The van der Waals surface area contributed by atoms with Crippen molar-refractivity contribution in [1.82, 2.24) is 4.31 Å². The van der Waals surface area contributed by atoms with Gasteiger partial charge in [-0.15, -0.1) is 0 Å². The molecule has 20 heavy (non-hydrogen) atoms. The van der Waals surface area contributed by atoms with Crippen LogP contribution in [0.15, 0.2) is 27.6 Å². The minimum atomic E-state index is -3.44. The Labute approximate surface area is 130 Å². The van der Waals surface area contributed by atoms with Crippen LogP contribution >= 0.6 is 15.9 Å². The summed E-state index contributed by atoms with van der Waals surface area (Å²) >= 11 is 3.37. The minimum absolute atomic E-state index is 0.0132. The molecule has 114 valence electrons. The molecule has 1 unspecified atom stereocenters. The molecule has 0 bridgehead atoms. The molecular weight excluding hydrogens is 340 g/mol. The van der Waals surface area contributed by atoms with E-state index in [1.807, 2.05) is 20.8 Å². The zero-order chi connectivity index (χ0) is 15.5. The molecule has 0 aliphatic carbocycles. The van der Waals surface area contributed by atoms with Crippen molar-refractivity contribution in [2.45, 2.75) is 38.1 Å². The van der Waals surface area contributed by atoms with Gasteiger partial charge in [-0.1, -0.05) is 29.8 Å². The molecule has 1 rings (SSSR count). The van der Waals surface area contributed by atoms with Crippen LogP contribution in [0.3, 0.4) is 0 Å². The summed E-state index contributed by atoms with van der Waals surface area (Å²) in [4.78, 5) is 0.318. The van der Waals surface area contributed by atoms with Gasteiger partial charge in [0.1, 0.15) is 0 Å². The maximum Gasteiger partial charge on any atom is 0.242 e. The van der Waals surface area contributed by atoms with E-state index in [2.05, 4.69) is 15.9 Å². The van der Waals surface area contributed by atoms with Crippen molar-refractivity contribution in [2.24, 2.45) is 11.7 Å². The Morgan fingerprint density at radius 1 is 1.35 bits per heavy atom. The van der Waals surface area contributed by atoms with E-state index in [1.54, 1.807) is 25.2 Å². The van der Waals surface area contributed by atoms with Crippen LogP contribution in [0, 0.1) is 12.8 Å². The molecule has 0 radical (unpaired) electrons. The molecule has 1 aromatic carbocycles. The first-order chi connectivity index (χ1) is 9.16. The summed E-state index contributed by atoms with van der Waals surface area (Å²) in [6.45, 7) is 6.38. The molecule has 0 aliphatic heterocycles. The molecule has 1 atom stereocenters. The molecular formula is C14H23BrN2O2S. The number of aryl methyl sites for hydroxylation is 1. The number of sulfonamides is 1. The Bertz CT molecular complexity index is 558. The summed E-state index contributed by atoms with van der Waals surface area (Å²) in [6, 6.07) is 5.07. The standard InChI is InChI=1S/C14H23BrN2O2S/c1-10(2)14(16)7-8-17(4)20(18,19)12-5-6-13(15)11(3)9-12/h5-6,9-10,14H,7-8,16H2,1-4H3. The highest BCUT2D eigenvalue weighted by Crippen LogP contribution is 2.22. The fourth-order valence-corrected chi connectivity index (χ4v) is 3.26. The van der Waals surface area contributed by atoms with Crippen molar-refractivity contribution in [2.75, 3.05) is 13.6 Å². The Kier molecular flexibility index (Phi) is 6.19. The van der Waals surface area contributed by atoms with E-state index in [0.29, 0.717) is 23.8 Å². The summed E-state index contributed by atoms with van der Waals surface area (Å²) < 4.78 is 27.2.